The Kier molecular flexibility index (Phi) is 4.10. The number of hydrogen-bond donors (Lipinski definition) is 1. The van der Waals surface area contributed by atoms with E-state index in [0.29, 0.717) is 0 Å². The number of piperidine rings is 1. The van der Waals surface area contributed by atoms with Crippen molar-refractivity contribution in [2.75, 3.05) is 31.1 Å². The van der Waals surface area contributed by atoms with Crippen molar-refractivity contribution in [3.8, 4) is 0 Å². The molecular formula is C12H20N4. The minimum absolute atomic E-state index is 0.832. The van der Waals surface area contributed by atoms with Crippen LogP contribution in [0, 0.1) is 5.92 Å². The van der Waals surface area contributed by atoms with E-state index in [4.69, 9.17) is 0 Å². The lowest BCUT2D eigenvalue weighted by molar-refractivity contribution is 0.385. The highest BCUT2D eigenvalue weighted by Gasteiger charge is 2.19. The van der Waals surface area contributed by atoms with Crippen LogP contribution in [-0.2, 0) is 0 Å². The van der Waals surface area contributed by atoms with Gasteiger partial charge in [0.2, 0.25) is 0 Å². The summed E-state index contributed by atoms with van der Waals surface area (Å²) in [4.78, 5) is 10.6. The monoisotopic (exact) mass is 220 g/mol. The maximum Gasteiger partial charge on any atom is 0.131 e. The van der Waals surface area contributed by atoms with Crippen molar-refractivity contribution in [2.45, 2.75) is 19.8 Å². The molecule has 4 heteroatoms. The molecule has 0 aromatic carbocycles. The number of nitrogens with zero attached hydrogens (tertiary/aromatic N) is 3. The highest BCUT2D eigenvalue weighted by atomic mass is 15.2. The van der Waals surface area contributed by atoms with Crippen LogP contribution in [0.25, 0.3) is 0 Å². The van der Waals surface area contributed by atoms with Crippen molar-refractivity contribution in [2.24, 2.45) is 5.92 Å². The normalized spacial score (nSPS) is 17.7. The molecule has 88 valence electrons. The summed E-state index contributed by atoms with van der Waals surface area (Å²) >= 11 is 0. The van der Waals surface area contributed by atoms with E-state index >= 15 is 0 Å². The molecule has 1 N–H and O–H groups in total. The molecule has 4 nitrogen and oxygen atoms in total. The molecule has 1 fully saturated rings. The van der Waals surface area contributed by atoms with Crippen LogP contribution in [0.2, 0.25) is 0 Å². The van der Waals surface area contributed by atoms with E-state index in [1.165, 1.54) is 12.8 Å². The topological polar surface area (TPSA) is 41.0 Å². The molecule has 1 aromatic heterocycles. The van der Waals surface area contributed by atoms with E-state index in [2.05, 4.69) is 27.1 Å². The number of hydrogen-bond acceptors (Lipinski definition) is 4. The first-order chi connectivity index (χ1) is 7.90. The van der Waals surface area contributed by atoms with Crippen molar-refractivity contribution < 1.29 is 0 Å². The van der Waals surface area contributed by atoms with Gasteiger partial charge in [0.15, 0.2) is 0 Å². The minimum Gasteiger partial charge on any atom is -0.357 e. The second-order valence-corrected chi connectivity index (χ2v) is 4.31. The van der Waals surface area contributed by atoms with E-state index < -0.39 is 0 Å². The van der Waals surface area contributed by atoms with Crippen molar-refractivity contribution in [3.63, 3.8) is 0 Å². The summed E-state index contributed by atoms with van der Waals surface area (Å²) in [7, 11) is 0. The predicted molar refractivity (Wildman–Crippen MR) is 65.5 cm³/mol. The molecule has 16 heavy (non-hydrogen) atoms. The van der Waals surface area contributed by atoms with Gasteiger partial charge in [-0.1, -0.05) is 6.92 Å². The van der Waals surface area contributed by atoms with Gasteiger partial charge < -0.3 is 10.2 Å². The lowest BCUT2D eigenvalue weighted by Crippen LogP contribution is -2.37. The van der Waals surface area contributed by atoms with Gasteiger partial charge in [-0.2, -0.15) is 0 Å². The first-order valence-electron chi connectivity index (χ1n) is 6.12. The average Bonchev–Trinajstić information content (AvgIpc) is 2.38. The van der Waals surface area contributed by atoms with Crippen LogP contribution in [0.1, 0.15) is 19.8 Å². The molecule has 0 aliphatic carbocycles. The zero-order valence-electron chi connectivity index (χ0n) is 9.89. The first kappa shape index (κ1) is 11.3. The van der Waals surface area contributed by atoms with Gasteiger partial charge >= 0.3 is 0 Å². The number of aromatic nitrogens is 2. The maximum atomic E-state index is 4.29. The summed E-state index contributed by atoms with van der Waals surface area (Å²) < 4.78 is 0. The second kappa shape index (κ2) is 5.80. The summed E-state index contributed by atoms with van der Waals surface area (Å²) in [5, 5.41) is 3.43. The van der Waals surface area contributed by atoms with Gasteiger partial charge in [-0.25, -0.2) is 9.97 Å². The average molecular weight is 220 g/mol. The van der Waals surface area contributed by atoms with E-state index in [9.17, 15) is 0 Å². The standard InChI is InChI=1S/C12H20N4/c1-2-13-9-11-4-7-16(8-5-11)12-3-6-14-10-15-12/h3,6,10-11,13H,2,4-5,7-9H2,1H3. The minimum atomic E-state index is 0.832. The Morgan fingerprint density at radius 3 is 2.88 bits per heavy atom. The number of rotatable bonds is 4. The summed E-state index contributed by atoms with van der Waals surface area (Å²) in [5.41, 5.74) is 0. The summed E-state index contributed by atoms with van der Waals surface area (Å²) in [6.45, 7) is 6.64. The third kappa shape index (κ3) is 2.92. The lowest BCUT2D eigenvalue weighted by Gasteiger charge is -2.32. The van der Waals surface area contributed by atoms with Gasteiger partial charge in [-0.15, -0.1) is 0 Å². The highest BCUT2D eigenvalue weighted by molar-refractivity contribution is 5.36. The van der Waals surface area contributed by atoms with Gasteiger partial charge in [0.25, 0.3) is 0 Å². The third-order valence-corrected chi connectivity index (χ3v) is 3.19. The van der Waals surface area contributed by atoms with Gasteiger partial charge in [-0.05, 0) is 37.9 Å². The molecule has 1 aliphatic heterocycles. The fourth-order valence-corrected chi connectivity index (χ4v) is 2.19. The molecule has 1 aliphatic rings. The van der Waals surface area contributed by atoms with Crippen LogP contribution in [-0.4, -0.2) is 36.1 Å². The van der Waals surface area contributed by atoms with Crippen LogP contribution < -0.4 is 10.2 Å². The molecule has 0 bridgehead atoms. The Bertz CT molecular complexity index is 293. The SMILES string of the molecule is CCNCC1CCN(c2ccncn2)CC1. The first-order valence-corrected chi connectivity index (χ1v) is 6.12. The van der Waals surface area contributed by atoms with Crippen molar-refractivity contribution in [1.82, 2.24) is 15.3 Å². The quantitative estimate of drug-likeness (QED) is 0.830. The van der Waals surface area contributed by atoms with E-state index in [0.717, 1.165) is 37.9 Å². The largest absolute Gasteiger partial charge is 0.357 e. The van der Waals surface area contributed by atoms with Crippen LogP contribution >= 0.6 is 0 Å². The van der Waals surface area contributed by atoms with Crippen molar-refractivity contribution in [3.05, 3.63) is 18.6 Å². The molecule has 0 radical (unpaired) electrons. The van der Waals surface area contributed by atoms with Gasteiger partial charge in [0.1, 0.15) is 12.1 Å². The molecule has 0 saturated carbocycles. The molecular weight excluding hydrogens is 200 g/mol. The Morgan fingerprint density at radius 2 is 2.25 bits per heavy atom. The summed E-state index contributed by atoms with van der Waals surface area (Å²) in [6.07, 6.45) is 5.96. The number of anilines is 1. The van der Waals surface area contributed by atoms with E-state index in [-0.39, 0.29) is 0 Å². The maximum absolute atomic E-state index is 4.29. The fourth-order valence-electron chi connectivity index (χ4n) is 2.19. The van der Waals surface area contributed by atoms with Crippen LogP contribution in [0.15, 0.2) is 18.6 Å². The van der Waals surface area contributed by atoms with Crippen LogP contribution in [0.5, 0.6) is 0 Å². The predicted octanol–water partition coefficient (Wildman–Crippen LogP) is 1.30. The van der Waals surface area contributed by atoms with Crippen molar-refractivity contribution >= 4 is 5.82 Å². The van der Waals surface area contributed by atoms with Gasteiger partial charge in [0, 0.05) is 19.3 Å². The smallest absolute Gasteiger partial charge is 0.131 e. The van der Waals surface area contributed by atoms with Crippen LogP contribution in [0.3, 0.4) is 0 Å². The Labute approximate surface area is 97.1 Å². The molecule has 0 atom stereocenters. The highest BCUT2D eigenvalue weighted by Crippen LogP contribution is 2.20. The Morgan fingerprint density at radius 1 is 1.44 bits per heavy atom. The number of nitrogens with one attached hydrogen (secondary N) is 1. The second-order valence-electron chi connectivity index (χ2n) is 4.31. The van der Waals surface area contributed by atoms with Crippen LogP contribution in [0.4, 0.5) is 5.82 Å². The van der Waals surface area contributed by atoms with E-state index in [1.807, 2.05) is 12.3 Å². The zero-order valence-corrected chi connectivity index (χ0v) is 9.89. The van der Waals surface area contributed by atoms with E-state index in [1.54, 1.807) is 6.33 Å². The Hall–Kier alpha value is -1.16. The molecule has 2 heterocycles. The third-order valence-electron chi connectivity index (χ3n) is 3.19. The molecule has 0 amide bonds. The lowest BCUT2D eigenvalue weighted by atomic mass is 9.97. The van der Waals surface area contributed by atoms with Gasteiger partial charge in [0.05, 0.1) is 0 Å². The molecule has 0 spiro atoms. The fraction of sp³-hybridized carbons (Fsp3) is 0.667. The zero-order chi connectivity index (χ0) is 11.2. The molecule has 1 aromatic rings. The van der Waals surface area contributed by atoms with Crippen molar-refractivity contribution in [1.29, 1.82) is 0 Å². The summed E-state index contributed by atoms with van der Waals surface area (Å²) in [6, 6.07) is 1.99. The molecule has 2 rings (SSSR count). The molecule has 0 unspecified atom stereocenters. The summed E-state index contributed by atoms with van der Waals surface area (Å²) in [5.74, 6) is 1.90. The Balaban J connectivity index is 1.81. The molecule has 1 saturated heterocycles. The van der Waals surface area contributed by atoms with Gasteiger partial charge in [-0.3, -0.25) is 0 Å².